The normalized spacial score (nSPS) is 25.4. The maximum Gasteiger partial charge on any atom is 0.194 e. The van der Waals surface area contributed by atoms with Crippen LogP contribution in [0.2, 0.25) is 0 Å². The summed E-state index contributed by atoms with van der Waals surface area (Å²) in [5.41, 5.74) is -1.29. The molecule has 1 aliphatic rings. The average molecular weight is 550 g/mol. The fraction of sp³-hybridized carbons (Fsp3) is 0.300. The Morgan fingerprint density at radius 1 is 1.03 bits per heavy atom. The number of aliphatic hydroxyl groups excluding tert-OH is 3. The smallest absolute Gasteiger partial charge is 0.194 e. The lowest BCUT2D eigenvalue weighted by Gasteiger charge is -2.41. The van der Waals surface area contributed by atoms with Gasteiger partial charge in [0, 0.05) is 14.9 Å². The monoisotopic (exact) mass is 549 g/mol. The van der Waals surface area contributed by atoms with Crippen molar-refractivity contribution in [2.75, 3.05) is 6.61 Å². The molecule has 176 valence electrons. The fourth-order valence-corrected chi connectivity index (χ4v) is 5.07. The molecule has 13 heteroatoms. The van der Waals surface area contributed by atoms with Crippen LogP contribution >= 0.6 is 27.7 Å². The summed E-state index contributed by atoms with van der Waals surface area (Å²) in [6.45, 7) is -0.613. The number of nitrogens with zero attached hydrogens (tertiary/aromatic N) is 3. The average Bonchev–Trinajstić information content (AvgIpc) is 3.26. The summed E-state index contributed by atoms with van der Waals surface area (Å²) in [5.74, 6) is -5.03. The lowest BCUT2D eigenvalue weighted by Crippen LogP contribution is -2.55. The van der Waals surface area contributed by atoms with E-state index in [1.54, 1.807) is 0 Å². The van der Waals surface area contributed by atoms with E-state index in [-0.39, 0.29) is 16.2 Å². The Bertz CT molecular complexity index is 1150. The number of halogens is 5. The van der Waals surface area contributed by atoms with Crippen LogP contribution in [0.25, 0.3) is 11.3 Å². The van der Waals surface area contributed by atoms with E-state index in [0.717, 1.165) is 28.6 Å². The van der Waals surface area contributed by atoms with Crippen molar-refractivity contribution < 1.29 is 37.6 Å². The minimum absolute atomic E-state index is 0.0542. The van der Waals surface area contributed by atoms with E-state index in [1.807, 2.05) is 0 Å². The molecule has 7 nitrogen and oxygen atoms in total. The summed E-state index contributed by atoms with van der Waals surface area (Å²) in [6.07, 6.45) is -2.86. The third kappa shape index (κ3) is 4.79. The van der Waals surface area contributed by atoms with Crippen LogP contribution in [0.3, 0.4) is 0 Å². The van der Waals surface area contributed by atoms with Crippen LogP contribution in [-0.2, 0) is 4.74 Å². The standard InChI is InChI=1S/C20H16BrF4N3O4S/c21-9-1-2-10(22)15(5-9)33-20-19(31)17(18(30)14(7-29)32-20)28-6-13(26-27-28)8-3-11(23)16(25)12(24)4-8/h1-6,14,17-20,29-31H,7H2/t14?,17?,18-,19?,20+/m0/s1. The number of hydrogen-bond donors (Lipinski definition) is 3. The van der Waals surface area contributed by atoms with Gasteiger partial charge in [0.25, 0.3) is 0 Å². The van der Waals surface area contributed by atoms with Crippen LogP contribution < -0.4 is 0 Å². The third-order valence-electron chi connectivity index (χ3n) is 5.08. The lowest BCUT2D eigenvalue weighted by atomic mass is 9.97. The van der Waals surface area contributed by atoms with E-state index in [2.05, 4.69) is 26.2 Å². The SMILES string of the molecule is OCC1O[C@H](Sc2cc(Br)ccc2F)C(O)C(n2cc(-c3cc(F)c(F)c(F)c3)nn2)[C@H]1O. The molecule has 1 fully saturated rings. The molecule has 4 rings (SSSR count). The maximum atomic E-state index is 14.2. The molecular formula is C20H16BrF4N3O4S. The van der Waals surface area contributed by atoms with Gasteiger partial charge >= 0.3 is 0 Å². The predicted molar refractivity (Wildman–Crippen MR) is 112 cm³/mol. The molecule has 0 amide bonds. The van der Waals surface area contributed by atoms with Gasteiger partial charge in [-0.25, -0.2) is 22.2 Å². The second kappa shape index (κ2) is 9.68. The quantitative estimate of drug-likeness (QED) is 0.332. The van der Waals surface area contributed by atoms with Gasteiger partial charge in [0.05, 0.1) is 12.8 Å². The molecule has 1 aromatic heterocycles. The van der Waals surface area contributed by atoms with Gasteiger partial charge in [0.2, 0.25) is 0 Å². The van der Waals surface area contributed by atoms with Gasteiger partial charge in [0.15, 0.2) is 17.5 Å². The second-order valence-electron chi connectivity index (χ2n) is 7.23. The van der Waals surface area contributed by atoms with Crippen molar-refractivity contribution in [2.45, 2.75) is 34.7 Å². The summed E-state index contributed by atoms with van der Waals surface area (Å²) < 4.78 is 61.9. The molecule has 0 radical (unpaired) electrons. The van der Waals surface area contributed by atoms with Crippen molar-refractivity contribution in [2.24, 2.45) is 0 Å². The minimum atomic E-state index is -1.63. The zero-order valence-corrected chi connectivity index (χ0v) is 18.9. The molecule has 0 saturated carbocycles. The Balaban J connectivity index is 1.65. The Labute approximate surface area is 197 Å². The molecule has 3 N–H and O–H groups in total. The first kappa shape index (κ1) is 24.1. The van der Waals surface area contributed by atoms with Crippen molar-refractivity contribution in [3.8, 4) is 11.3 Å². The van der Waals surface area contributed by atoms with Gasteiger partial charge in [-0.15, -0.1) is 5.10 Å². The molecule has 2 aromatic carbocycles. The Morgan fingerprint density at radius 2 is 1.73 bits per heavy atom. The van der Waals surface area contributed by atoms with Crippen LogP contribution in [0.1, 0.15) is 6.04 Å². The third-order valence-corrected chi connectivity index (χ3v) is 6.76. The Hall–Kier alpha value is -2.03. The zero-order chi connectivity index (χ0) is 23.9. The maximum absolute atomic E-state index is 14.2. The summed E-state index contributed by atoms with van der Waals surface area (Å²) in [4.78, 5) is 0.150. The number of aromatic nitrogens is 3. The van der Waals surface area contributed by atoms with E-state index in [1.165, 1.54) is 24.4 Å². The highest BCUT2D eigenvalue weighted by atomic mass is 79.9. The van der Waals surface area contributed by atoms with Gasteiger partial charge < -0.3 is 20.1 Å². The van der Waals surface area contributed by atoms with Gasteiger partial charge in [-0.2, -0.15) is 0 Å². The Morgan fingerprint density at radius 3 is 2.39 bits per heavy atom. The molecule has 1 saturated heterocycles. The van der Waals surface area contributed by atoms with E-state index >= 15 is 0 Å². The summed E-state index contributed by atoms with van der Waals surface area (Å²) in [6, 6.07) is 4.46. The largest absolute Gasteiger partial charge is 0.394 e. The first-order valence-electron chi connectivity index (χ1n) is 9.50. The Kier molecular flexibility index (Phi) is 7.07. The van der Waals surface area contributed by atoms with E-state index in [0.29, 0.717) is 4.47 Å². The summed E-state index contributed by atoms with van der Waals surface area (Å²) >= 11 is 4.08. The number of hydrogen-bond acceptors (Lipinski definition) is 7. The summed E-state index contributed by atoms with van der Waals surface area (Å²) in [5, 5.41) is 38.8. The highest BCUT2D eigenvalue weighted by Gasteiger charge is 2.46. The molecule has 1 aliphatic heterocycles. The van der Waals surface area contributed by atoms with Crippen molar-refractivity contribution in [3.05, 3.63) is 64.3 Å². The van der Waals surface area contributed by atoms with Crippen LogP contribution in [0.15, 0.2) is 45.9 Å². The molecule has 3 aromatic rings. The van der Waals surface area contributed by atoms with Crippen molar-refractivity contribution >= 4 is 27.7 Å². The number of ether oxygens (including phenoxy) is 1. The first-order valence-corrected chi connectivity index (χ1v) is 11.2. The van der Waals surface area contributed by atoms with Crippen LogP contribution in [0, 0.1) is 23.3 Å². The van der Waals surface area contributed by atoms with Crippen LogP contribution in [0.5, 0.6) is 0 Å². The second-order valence-corrected chi connectivity index (χ2v) is 9.28. The lowest BCUT2D eigenvalue weighted by molar-refractivity contribution is -0.178. The van der Waals surface area contributed by atoms with Gasteiger partial charge in [-0.1, -0.05) is 32.9 Å². The zero-order valence-electron chi connectivity index (χ0n) is 16.4. The van der Waals surface area contributed by atoms with Crippen molar-refractivity contribution in [1.82, 2.24) is 15.0 Å². The molecule has 2 heterocycles. The van der Waals surface area contributed by atoms with Crippen LogP contribution in [0.4, 0.5) is 17.6 Å². The van der Waals surface area contributed by atoms with Crippen LogP contribution in [-0.4, -0.2) is 60.7 Å². The summed E-state index contributed by atoms with van der Waals surface area (Å²) in [7, 11) is 0. The molecule has 0 aliphatic carbocycles. The predicted octanol–water partition coefficient (Wildman–Crippen LogP) is 3.04. The van der Waals surface area contributed by atoms with Gasteiger partial charge in [0.1, 0.15) is 41.3 Å². The minimum Gasteiger partial charge on any atom is -0.394 e. The highest BCUT2D eigenvalue weighted by molar-refractivity contribution is 9.10. The topological polar surface area (TPSA) is 101 Å². The first-order chi connectivity index (χ1) is 15.7. The number of aliphatic hydroxyl groups is 3. The van der Waals surface area contributed by atoms with Gasteiger partial charge in [-0.3, -0.25) is 0 Å². The molecular weight excluding hydrogens is 534 g/mol. The molecule has 0 spiro atoms. The molecule has 5 atom stereocenters. The molecule has 33 heavy (non-hydrogen) atoms. The fourth-order valence-electron chi connectivity index (χ4n) is 3.43. The molecule has 3 unspecified atom stereocenters. The number of benzene rings is 2. The highest BCUT2D eigenvalue weighted by Crippen LogP contribution is 2.39. The van der Waals surface area contributed by atoms with E-state index in [4.69, 9.17) is 4.74 Å². The number of thioether (sulfide) groups is 1. The van der Waals surface area contributed by atoms with Crippen molar-refractivity contribution in [3.63, 3.8) is 0 Å². The van der Waals surface area contributed by atoms with Gasteiger partial charge in [-0.05, 0) is 30.3 Å². The van der Waals surface area contributed by atoms with E-state index < -0.39 is 59.7 Å². The molecule has 0 bridgehead atoms. The number of rotatable bonds is 5. The van der Waals surface area contributed by atoms with E-state index in [9.17, 15) is 32.9 Å². The van der Waals surface area contributed by atoms with Crippen molar-refractivity contribution in [1.29, 1.82) is 0 Å².